The van der Waals surface area contributed by atoms with Crippen molar-refractivity contribution in [1.82, 2.24) is 4.98 Å². The van der Waals surface area contributed by atoms with Gasteiger partial charge in [0.15, 0.2) is 11.4 Å². The first-order chi connectivity index (χ1) is 7.78. The van der Waals surface area contributed by atoms with Gasteiger partial charge in [0, 0.05) is 28.6 Å². The highest BCUT2D eigenvalue weighted by Gasteiger charge is 2.42. The summed E-state index contributed by atoms with van der Waals surface area (Å²) >= 11 is 0. The largest absolute Gasteiger partial charge is 0.507 e. The van der Waals surface area contributed by atoms with Crippen LogP contribution in [0.15, 0.2) is 11.8 Å². The number of Topliss-reactive ketones (excluding diaryl/α,β-unsaturated/α-hetero) is 1. The number of aliphatic hydroxyl groups excluding tert-OH is 1. The third-order valence-electron chi connectivity index (χ3n) is 3.45. The van der Waals surface area contributed by atoms with E-state index in [0.29, 0.717) is 11.1 Å². The van der Waals surface area contributed by atoms with Gasteiger partial charge in [-0.05, 0) is 33.3 Å². The first-order valence-electron chi connectivity index (χ1n) is 5.42. The van der Waals surface area contributed by atoms with Gasteiger partial charge in [-0.2, -0.15) is 0 Å². The van der Waals surface area contributed by atoms with Crippen molar-refractivity contribution in [3.8, 4) is 0 Å². The van der Waals surface area contributed by atoms with Gasteiger partial charge in [0.05, 0.1) is 0 Å². The van der Waals surface area contributed by atoms with Crippen molar-refractivity contribution in [2.75, 3.05) is 0 Å². The minimum absolute atomic E-state index is 0.0906. The Morgan fingerprint density at radius 2 is 1.88 bits per heavy atom. The van der Waals surface area contributed by atoms with Crippen molar-refractivity contribution in [2.45, 2.75) is 33.3 Å². The van der Waals surface area contributed by atoms with Gasteiger partial charge < -0.3 is 10.2 Å². The molecule has 90 valence electrons. The number of nitrogens with zero attached hydrogens (tertiary/aromatic N) is 1. The van der Waals surface area contributed by atoms with E-state index in [0.717, 1.165) is 11.3 Å². The van der Waals surface area contributed by atoms with Gasteiger partial charge in [-0.1, -0.05) is 0 Å². The topological polar surface area (TPSA) is 70.4 Å². The van der Waals surface area contributed by atoms with Crippen LogP contribution in [0, 0.1) is 13.8 Å². The van der Waals surface area contributed by atoms with Gasteiger partial charge in [0.2, 0.25) is 0 Å². The van der Waals surface area contributed by atoms with E-state index in [-0.39, 0.29) is 11.3 Å². The van der Waals surface area contributed by atoms with Crippen LogP contribution in [0.5, 0.6) is 0 Å². The summed E-state index contributed by atoms with van der Waals surface area (Å²) in [7, 11) is 0. The number of fused-ring (bicyclic) bond motifs is 1. The number of carbonyl (C=O) groups excluding carboxylic acids is 1. The van der Waals surface area contributed by atoms with Gasteiger partial charge in [-0.3, -0.25) is 9.78 Å². The molecule has 2 rings (SSSR count). The smallest absolute Gasteiger partial charge is 0.198 e. The molecule has 0 bridgehead atoms. The first-order valence-corrected chi connectivity index (χ1v) is 5.42. The number of ketones is 1. The monoisotopic (exact) mass is 233 g/mol. The fraction of sp³-hybridized carbons (Fsp3) is 0.385. The zero-order valence-corrected chi connectivity index (χ0v) is 10.3. The van der Waals surface area contributed by atoms with Gasteiger partial charge in [-0.15, -0.1) is 0 Å². The standard InChI is InChI=1S/C13H15NO3/c1-6-8(3)14-5-9-10(6)13(4,17)12(16)7(2)11(9)15/h5,15,17H,1-4H3/t13-/m0/s1. The minimum atomic E-state index is -1.59. The van der Waals surface area contributed by atoms with E-state index < -0.39 is 11.4 Å². The number of aryl methyl sites for hydroxylation is 1. The molecule has 1 aliphatic rings. The van der Waals surface area contributed by atoms with Crippen LogP contribution in [0.1, 0.15) is 36.2 Å². The summed E-state index contributed by atoms with van der Waals surface area (Å²) in [6, 6.07) is 0. The summed E-state index contributed by atoms with van der Waals surface area (Å²) in [5.74, 6) is -0.552. The summed E-state index contributed by atoms with van der Waals surface area (Å²) in [5.41, 5.74) is 0.952. The van der Waals surface area contributed by atoms with Crippen LogP contribution in [0.4, 0.5) is 0 Å². The molecule has 0 unspecified atom stereocenters. The predicted octanol–water partition coefficient (Wildman–Crippen LogP) is 1.78. The number of hydrogen-bond acceptors (Lipinski definition) is 4. The Labute approximate surface area is 99.6 Å². The van der Waals surface area contributed by atoms with Crippen LogP contribution in [-0.4, -0.2) is 21.0 Å². The van der Waals surface area contributed by atoms with Gasteiger partial charge in [0.25, 0.3) is 0 Å². The molecule has 1 atom stereocenters. The molecule has 1 aromatic rings. The molecule has 1 aromatic heterocycles. The number of aliphatic hydroxyl groups is 2. The lowest BCUT2D eigenvalue weighted by atomic mass is 9.77. The van der Waals surface area contributed by atoms with E-state index in [4.69, 9.17) is 0 Å². The molecule has 0 aromatic carbocycles. The molecule has 2 N–H and O–H groups in total. The summed E-state index contributed by atoms with van der Waals surface area (Å²) in [5, 5.41) is 20.3. The zero-order chi connectivity index (χ0) is 13.0. The second-order valence-corrected chi connectivity index (χ2v) is 4.63. The third kappa shape index (κ3) is 1.41. The van der Waals surface area contributed by atoms with Crippen LogP contribution in [0.3, 0.4) is 0 Å². The zero-order valence-electron chi connectivity index (χ0n) is 10.3. The summed E-state index contributed by atoms with van der Waals surface area (Å²) in [4.78, 5) is 16.1. The maximum atomic E-state index is 12.0. The quantitative estimate of drug-likeness (QED) is 0.716. The molecule has 0 aliphatic heterocycles. The third-order valence-corrected chi connectivity index (χ3v) is 3.45. The average Bonchev–Trinajstić information content (AvgIpc) is 2.27. The highest BCUT2D eigenvalue weighted by molar-refractivity contribution is 6.09. The molecule has 0 amide bonds. The van der Waals surface area contributed by atoms with Crippen LogP contribution >= 0.6 is 0 Å². The number of pyridine rings is 1. The van der Waals surface area contributed by atoms with Crippen molar-refractivity contribution in [1.29, 1.82) is 0 Å². The van der Waals surface area contributed by atoms with Gasteiger partial charge >= 0.3 is 0 Å². The SMILES string of the molecule is CC1=C(O)c2cnc(C)c(C)c2[C@](C)(O)C1=O. The molecule has 4 heteroatoms. The molecule has 1 heterocycles. The number of rotatable bonds is 0. The van der Waals surface area contributed by atoms with E-state index in [1.165, 1.54) is 20.0 Å². The number of hydrogen-bond donors (Lipinski definition) is 2. The molecule has 0 fully saturated rings. The Bertz CT molecular complexity index is 556. The lowest BCUT2D eigenvalue weighted by Crippen LogP contribution is -2.38. The second kappa shape index (κ2) is 3.40. The van der Waals surface area contributed by atoms with E-state index in [2.05, 4.69) is 4.98 Å². The molecule has 17 heavy (non-hydrogen) atoms. The molecule has 1 aliphatic carbocycles. The van der Waals surface area contributed by atoms with E-state index in [9.17, 15) is 15.0 Å². The van der Waals surface area contributed by atoms with Crippen LogP contribution < -0.4 is 0 Å². The minimum Gasteiger partial charge on any atom is -0.507 e. The molecule has 0 saturated carbocycles. The molecule has 4 nitrogen and oxygen atoms in total. The Morgan fingerprint density at radius 3 is 2.47 bits per heavy atom. The number of aromatic nitrogens is 1. The lowest BCUT2D eigenvalue weighted by Gasteiger charge is -2.31. The van der Waals surface area contributed by atoms with E-state index in [1.807, 2.05) is 0 Å². The molecule has 0 spiro atoms. The molecular weight excluding hydrogens is 218 g/mol. The van der Waals surface area contributed by atoms with Crippen molar-refractivity contribution >= 4 is 11.5 Å². The van der Waals surface area contributed by atoms with Gasteiger partial charge in [-0.25, -0.2) is 0 Å². The van der Waals surface area contributed by atoms with Crippen molar-refractivity contribution in [2.24, 2.45) is 0 Å². The lowest BCUT2D eigenvalue weighted by molar-refractivity contribution is -0.132. The Balaban J connectivity index is 2.90. The maximum absolute atomic E-state index is 12.0. The molecule has 0 saturated heterocycles. The van der Waals surface area contributed by atoms with Crippen molar-refractivity contribution in [3.63, 3.8) is 0 Å². The molecular formula is C13H15NO3. The summed E-state index contributed by atoms with van der Waals surface area (Å²) in [6.45, 7) is 6.55. The fourth-order valence-electron chi connectivity index (χ4n) is 2.30. The summed E-state index contributed by atoms with van der Waals surface area (Å²) < 4.78 is 0. The highest BCUT2D eigenvalue weighted by atomic mass is 16.3. The van der Waals surface area contributed by atoms with Gasteiger partial charge in [0.1, 0.15) is 5.76 Å². The van der Waals surface area contributed by atoms with Crippen molar-refractivity contribution in [3.05, 3.63) is 34.2 Å². The highest BCUT2D eigenvalue weighted by Crippen LogP contribution is 2.39. The average molecular weight is 233 g/mol. The normalized spacial score (nSPS) is 23.9. The van der Waals surface area contributed by atoms with Crippen LogP contribution in [-0.2, 0) is 10.4 Å². The summed E-state index contributed by atoms with van der Waals surface area (Å²) in [6.07, 6.45) is 1.50. The Kier molecular flexibility index (Phi) is 2.36. The van der Waals surface area contributed by atoms with Crippen LogP contribution in [0.2, 0.25) is 0 Å². The van der Waals surface area contributed by atoms with Crippen molar-refractivity contribution < 1.29 is 15.0 Å². The second-order valence-electron chi connectivity index (χ2n) is 4.63. The molecule has 0 radical (unpaired) electrons. The number of carbonyl (C=O) groups is 1. The maximum Gasteiger partial charge on any atom is 0.198 e. The Morgan fingerprint density at radius 1 is 1.29 bits per heavy atom. The van der Waals surface area contributed by atoms with E-state index in [1.54, 1.807) is 13.8 Å². The Hall–Kier alpha value is -1.68. The predicted molar refractivity (Wildman–Crippen MR) is 63.5 cm³/mol. The fourth-order valence-corrected chi connectivity index (χ4v) is 2.30. The first kappa shape index (κ1) is 11.8. The van der Waals surface area contributed by atoms with E-state index >= 15 is 0 Å². The van der Waals surface area contributed by atoms with Crippen LogP contribution in [0.25, 0.3) is 5.76 Å².